The molecule has 1 amide bonds. The maximum Gasteiger partial charge on any atom is 0.405 e. The number of rotatable bonds is 6. The molecule has 0 aromatic heterocycles. The van der Waals surface area contributed by atoms with E-state index in [1.807, 2.05) is 19.1 Å². The van der Waals surface area contributed by atoms with Crippen molar-refractivity contribution in [2.45, 2.75) is 58.0 Å². The predicted molar refractivity (Wildman–Crippen MR) is 93.3 cm³/mol. The number of ether oxygens (including phenoxy) is 1. The zero-order valence-electron chi connectivity index (χ0n) is 14.7. The van der Waals surface area contributed by atoms with Crippen LogP contribution in [0.15, 0.2) is 18.2 Å². The zero-order chi connectivity index (χ0) is 18.0. The summed E-state index contributed by atoms with van der Waals surface area (Å²) in [5.74, 6) is -0.227. The number of amides is 1. The monoisotopic (exact) mass is 338 g/mol. The van der Waals surface area contributed by atoms with E-state index in [9.17, 15) is 14.9 Å². The Hall–Kier alpha value is -1.89. The molecule has 0 radical (unpaired) electrons. The molecule has 0 saturated heterocycles. The molecule has 0 bridgehead atoms. The first-order chi connectivity index (χ1) is 10.3. The van der Waals surface area contributed by atoms with Crippen molar-refractivity contribution in [3.63, 3.8) is 0 Å². The molecular formula is C16H26N2O4Si. The highest BCUT2D eigenvalue weighted by atomic mass is 28.3. The molecular weight excluding hydrogens is 312 g/mol. The molecule has 23 heavy (non-hydrogen) atoms. The summed E-state index contributed by atoms with van der Waals surface area (Å²) >= 11 is 0. The van der Waals surface area contributed by atoms with Crippen molar-refractivity contribution in [3.8, 4) is 0 Å². The predicted octanol–water partition coefficient (Wildman–Crippen LogP) is 3.99. The van der Waals surface area contributed by atoms with Crippen LogP contribution in [0, 0.1) is 10.1 Å². The number of primary amides is 1. The van der Waals surface area contributed by atoms with E-state index in [0.29, 0.717) is 0 Å². The molecule has 0 aliphatic carbocycles. The Morgan fingerprint density at radius 1 is 1.39 bits per heavy atom. The first-order valence-corrected chi connectivity index (χ1v) is 11.3. The van der Waals surface area contributed by atoms with Crippen molar-refractivity contribution < 1.29 is 14.5 Å². The van der Waals surface area contributed by atoms with Gasteiger partial charge in [0.15, 0.2) is 0 Å². The second-order valence-electron chi connectivity index (χ2n) is 7.63. The molecule has 0 heterocycles. The van der Waals surface area contributed by atoms with Gasteiger partial charge < -0.3 is 10.5 Å². The molecule has 0 spiro atoms. The van der Waals surface area contributed by atoms with Gasteiger partial charge in [-0.05, 0) is 25.5 Å². The lowest BCUT2D eigenvalue weighted by Crippen LogP contribution is -2.36. The molecule has 6 nitrogen and oxygen atoms in total. The Morgan fingerprint density at radius 3 is 2.39 bits per heavy atom. The second-order valence-corrected chi connectivity index (χ2v) is 13.1. The summed E-state index contributed by atoms with van der Waals surface area (Å²) in [5.41, 5.74) is 5.90. The number of carbonyl (C=O) groups is 1. The lowest BCUT2D eigenvalue weighted by Gasteiger charge is -2.31. The number of nitro benzene ring substituents is 1. The summed E-state index contributed by atoms with van der Waals surface area (Å²) in [7, 11) is -1.47. The number of hydrogen-bond acceptors (Lipinski definition) is 4. The number of benzene rings is 1. The molecule has 0 aliphatic rings. The molecule has 1 rings (SSSR count). The largest absolute Gasteiger partial charge is 0.443 e. The molecule has 1 aromatic carbocycles. The van der Waals surface area contributed by atoms with Gasteiger partial charge in [0.25, 0.3) is 5.69 Å². The molecule has 0 saturated carbocycles. The van der Waals surface area contributed by atoms with Crippen LogP contribution < -0.4 is 5.73 Å². The topological polar surface area (TPSA) is 95.5 Å². The summed E-state index contributed by atoms with van der Waals surface area (Å²) < 4.78 is 5.14. The van der Waals surface area contributed by atoms with Gasteiger partial charge in [-0.1, -0.05) is 38.7 Å². The molecule has 1 aromatic rings. The number of nitrogens with zero attached hydrogens (tertiary/aromatic N) is 1. The molecule has 2 N–H and O–H groups in total. The Morgan fingerprint density at radius 2 is 1.96 bits per heavy atom. The third kappa shape index (κ3) is 5.35. The van der Waals surface area contributed by atoms with Gasteiger partial charge in [0.2, 0.25) is 0 Å². The molecule has 0 fully saturated rings. The van der Waals surface area contributed by atoms with Crippen molar-refractivity contribution >= 4 is 19.9 Å². The highest BCUT2D eigenvalue weighted by molar-refractivity contribution is 6.75. The van der Waals surface area contributed by atoms with E-state index in [0.717, 1.165) is 17.2 Å². The number of carbonyl (C=O) groups excluding carboxylic acids is 1. The van der Waals surface area contributed by atoms with E-state index in [1.165, 1.54) is 0 Å². The SMILES string of the molecule is CC(c1ccc(C[Si](C)(C)C)c([N+](=O)[O-])c1)C(C)(C)OC(N)=O. The molecule has 7 heteroatoms. The van der Waals surface area contributed by atoms with Crippen LogP contribution in [0.4, 0.5) is 10.5 Å². The van der Waals surface area contributed by atoms with Crippen LogP contribution in [-0.4, -0.2) is 24.7 Å². The van der Waals surface area contributed by atoms with Crippen LogP contribution >= 0.6 is 0 Å². The Balaban J connectivity index is 3.22. The average Bonchev–Trinajstić information content (AvgIpc) is 2.34. The Bertz CT molecular complexity index is 609. The lowest BCUT2D eigenvalue weighted by molar-refractivity contribution is -0.385. The minimum Gasteiger partial charge on any atom is -0.443 e. The minimum atomic E-state index is -1.47. The van der Waals surface area contributed by atoms with Gasteiger partial charge in [0.05, 0.1) is 4.92 Å². The second kappa shape index (κ2) is 6.70. The van der Waals surface area contributed by atoms with Gasteiger partial charge >= 0.3 is 6.09 Å². The van der Waals surface area contributed by atoms with E-state index in [4.69, 9.17) is 10.5 Å². The van der Waals surface area contributed by atoms with E-state index in [1.54, 1.807) is 19.9 Å². The fourth-order valence-corrected chi connectivity index (χ4v) is 3.93. The fourth-order valence-electron chi connectivity index (χ4n) is 2.49. The fraction of sp³-hybridized carbons (Fsp3) is 0.562. The summed E-state index contributed by atoms with van der Waals surface area (Å²) in [6.45, 7) is 11.9. The normalized spacial score (nSPS) is 13.5. The number of hydrogen-bond donors (Lipinski definition) is 1. The number of nitro groups is 1. The smallest absolute Gasteiger partial charge is 0.405 e. The number of nitrogens with two attached hydrogens (primary N) is 1. The van der Waals surface area contributed by atoms with Crippen molar-refractivity contribution in [3.05, 3.63) is 39.4 Å². The van der Waals surface area contributed by atoms with E-state index < -0.39 is 19.8 Å². The van der Waals surface area contributed by atoms with Gasteiger partial charge in [-0.15, -0.1) is 0 Å². The summed E-state index contributed by atoms with van der Waals surface area (Å²) in [4.78, 5) is 22.1. The quantitative estimate of drug-likeness (QED) is 0.482. The van der Waals surface area contributed by atoms with Gasteiger partial charge in [0.1, 0.15) is 5.60 Å². The molecule has 1 unspecified atom stereocenters. The van der Waals surface area contributed by atoms with Crippen molar-refractivity contribution in [1.82, 2.24) is 0 Å². The molecule has 1 atom stereocenters. The van der Waals surface area contributed by atoms with Crippen LogP contribution in [0.2, 0.25) is 19.6 Å². The Labute approximate surface area is 138 Å². The summed E-state index contributed by atoms with van der Waals surface area (Å²) in [6.07, 6.45) is -0.855. The third-order valence-corrected chi connectivity index (χ3v) is 5.37. The average molecular weight is 338 g/mol. The first kappa shape index (κ1) is 19.2. The standard InChI is InChI=1S/C16H26N2O4Si/c1-11(16(2,3)22-15(17)19)12-7-8-13(10-23(4,5)6)14(9-12)18(20)21/h7-9,11H,10H2,1-6H3,(H2,17,19). The minimum absolute atomic E-state index is 0.131. The van der Waals surface area contributed by atoms with Gasteiger partial charge in [0, 0.05) is 25.6 Å². The van der Waals surface area contributed by atoms with Gasteiger partial charge in [-0.2, -0.15) is 0 Å². The van der Waals surface area contributed by atoms with E-state index in [2.05, 4.69) is 19.6 Å². The van der Waals surface area contributed by atoms with E-state index in [-0.39, 0.29) is 16.5 Å². The van der Waals surface area contributed by atoms with Crippen LogP contribution in [0.1, 0.15) is 37.8 Å². The zero-order valence-corrected chi connectivity index (χ0v) is 15.7. The third-order valence-electron chi connectivity index (χ3n) is 3.93. The molecule has 128 valence electrons. The lowest BCUT2D eigenvalue weighted by atomic mass is 9.85. The van der Waals surface area contributed by atoms with Gasteiger partial charge in [-0.25, -0.2) is 4.79 Å². The Kier molecular flexibility index (Phi) is 5.58. The van der Waals surface area contributed by atoms with Crippen LogP contribution in [-0.2, 0) is 10.8 Å². The van der Waals surface area contributed by atoms with Crippen LogP contribution in [0.25, 0.3) is 0 Å². The van der Waals surface area contributed by atoms with Crippen molar-refractivity contribution in [1.29, 1.82) is 0 Å². The highest BCUT2D eigenvalue weighted by Crippen LogP contribution is 2.34. The van der Waals surface area contributed by atoms with Crippen LogP contribution in [0.3, 0.4) is 0 Å². The van der Waals surface area contributed by atoms with Crippen LogP contribution in [0.5, 0.6) is 0 Å². The summed E-state index contributed by atoms with van der Waals surface area (Å²) in [5, 5.41) is 11.4. The van der Waals surface area contributed by atoms with Gasteiger partial charge in [-0.3, -0.25) is 10.1 Å². The van der Waals surface area contributed by atoms with Crippen molar-refractivity contribution in [2.75, 3.05) is 0 Å². The first-order valence-electron chi connectivity index (χ1n) is 7.59. The summed E-state index contributed by atoms with van der Waals surface area (Å²) in [6, 6.07) is 6.03. The maximum atomic E-state index is 11.4. The highest BCUT2D eigenvalue weighted by Gasteiger charge is 2.32. The van der Waals surface area contributed by atoms with E-state index >= 15 is 0 Å². The maximum absolute atomic E-state index is 11.4. The molecule has 0 aliphatic heterocycles. The van der Waals surface area contributed by atoms with Crippen molar-refractivity contribution in [2.24, 2.45) is 5.73 Å².